The Kier molecular flexibility index (Phi) is 4.77. The average molecular weight is 302 g/mol. The molecular formula is C15H18N4O3. The van der Waals surface area contributed by atoms with Crippen LogP contribution in [0, 0.1) is 6.92 Å². The summed E-state index contributed by atoms with van der Waals surface area (Å²) in [6, 6.07) is 8.67. The number of carbonyl (C=O) groups excluding carboxylic acids is 2. The quantitative estimate of drug-likeness (QED) is 0.878. The molecule has 2 amide bonds. The maximum absolute atomic E-state index is 12.1. The molecule has 2 N–H and O–H groups in total. The minimum absolute atomic E-state index is 0.0175. The van der Waals surface area contributed by atoms with Crippen molar-refractivity contribution < 1.29 is 14.1 Å². The third kappa shape index (κ3) is 3.85. The van der Waals surface area contributed by atoms with Gasteiger partial charge in [0, 0.05) is 25.8 Å². The Morgan fingerprint density at radius 2 is 2.00 bits per heavy atom. The molecule has 1 aromatic carbocycles. The Morgan fingerprint density at radius 3 is 2.64 bits per heavy atom. The first-order chi connectivity index (χ1) is 10.5. The summed E-state index contributed by atoms with van der Waals surface area (Å²) in [5.74, 6) is 0.572. The third-order valence-corrected chi connectivity index (χ3v) is 2.90. The normalized spacial score (nSPS) is 10.1. The second-order valence-corrected chi connectivity index (χ2v) is 4.97. The first-order valence-electron chi connectivity index (χ1n) is 6.75. The number of hydrogen-bond acceptors (Lipinski definition) is 5. The molecule has 7 nitrogen and oxygen atoms in total. The van der Waals surface area contributed by atoms with Gasteiger partial charge in [0.05, 0.1) is 12.1 Å². The van der Waals surface area contributed by atoms with E-state index in [1.165, 1.54) is 4.90 Å². The highest BCUT2D eigenvalue weighted by Gasteiger charge is 2.13. The number of nitrogens with one attached hydrogen (secondary N) is 2. The molecule has 1 heterocycles. The number of amides is 2. The zero-order valence-corrected chi connectivity index (χ0v) is 12.7. The maximum atomic E-state index is 12.1. The summed E-state index contributed by atoms with van der Waals surface area (Å²) in [5, 5.41) is 9.24. The van der Waals surface area contributed by atoms with E-state index < -0.39 is 0 Å². The number of aromatic nitrogens is 1. The molecule has 2 aromatic rings. The minimum Gasteiger partial charge on any atom is -0.375 e. The molecular weight excluding hydrogens is 284 g/mol. The molecule has 1 aromatic heterocycles. The number of carbonyl (C=O) groups is 2. The molecule has 0 saturated carbocycles. The van der Waals surface area contributed by atoms with Crippen LogP contribution in [-0.4, -0.2) is 42.5 Å². The molecule has 0 fully saturated rings. The predicted molar refractivity (Wildman–Crippen MR) is 82.8 cm³/mol. The van der Waals surface area contributed by atoms with Gasteiger partial charge in [-0.25, -0.2) is 0 Å². The van der Waals surface area contributed by atoms with E-state index in [2.05, 4.69) is 15.8 Å². The largest absolute Gasteiger partial charge is 0.375 e. The van der Waals surface area contributed by atoms with E-state index in [0.29, 0.717) is 22.8 Å². The van der Waals surface area contributed by atoms with Gasteiger partial charge in [-0.05, 0) is 19.1 Å². The molecule has 0 aliphatic rings. The molecule has 0 atom stereocenters. The lowest BCUT2D eigenvalue weighted by molar-refractivity contribution is -0.114. The first-order valence-corrected chi connectivity index (χ1v) is 6.75. The van der Waals surface area contributed by atoms with Crippen LogP contribution in [0.3, 0.4) is 0 Å². The van der Waals surface area contributed by atoms with Crippen molar-refractivity contribution >= 4 is 23.3 Å². The highest BCUT2D eigenvalue weighted by atomic mass is 16.5. The Labute approximate surface area is 128 Å². The van der Waals surface area contributed by atoms with Gasteiger partial charge in [-0.3, -0.25) is 9.59 Å². The Hall–Kier alpha value is -2.83. The molecule has 116 valence electrons. The molecule has 2 rings (SSSR count). The molecule has 0 radical (unpaired) electrons. The van der Waals surface area contributed by atoms with Crippen molar-refractivity contribution in [2.75, 3.05) is 31.3 Å². The highest BCUT2D eigenvalue weighted by molar-refractivity contribution is 6.00. The molecule has 0 spiro atoms. The fraction of sp³-hybridized carbons (Fsp3) is 0.267. The van der Waals surface area contributed by atoms with Crippen molar-refractivity contribution in [3.8, 4) is 0 Å². The maximum Gasteiger partial charge on any atom is 0.255 e. The molecule has 22 heavy (non-hydrogen) atoms. The summed E-state index contributed by atoms with van der Waals surface area (Å²) in [4.78, 5) is 25.4. The van der Waals surface area contributed by atoms with Crippen LogP contribution in [-0.2, 0) is 4.79 Å². The van der Waals surface area contributed by atoms with Crippen LogP contribution in [0.5, 0.6) is 0 Å². The average Bonchev–Trinajstić information content (AvgIpc) is 2.89. The first kappa shape index (κ1) is 15.6. The van der Waals surface area contributed by atoms with Crippen molar-refractivity contribution in [2.24, 2.45) is 0 Å². The molecule has 0 saturated heterocycles. The summed E-state index contributed by atoms with van der Waals surface area (Å²) >= 11 is 0. The van der Waals surface area contributed by atoms with Crippen molar-refractivity contribution in [1.29, 1.82) is 0 Å². The number of nitrogens with zero attached hydrogens (tertiary/aromatic N) is 2. The summed E-state index contributed by atoms with van der Waals surface area (Å²) in [7, 11) is 3.36. The molecule has 0 bridgehead atoms. The van der Waals surface area contributed by atoms with Crippen LogP contribution in [0.1, 0.15) is 16.1 Å². The fourth-order valence-electron chi connectivity index (χ4n) is 1.85. The van der Waals surface area contributed by atoms with Crippen LogP contribution in [0.2, 0.25) is 0 Å². The smallest absolute Gasteiger partial charge is 0.255 e. The van der Waals surface area contributed by atoms with Gasteiger partial charge in [0.25, 0.3) is 5.91 Å². The summed E-state index contributed by atoms with van der Waals surface area (Å²) in [6.45, 7) is 1.76. The van der Waals surface area contributed by atoms with E-state index in [9.17, 15) is 9.59 Å². The van der Waals surface area contributed by atoms with Crippen LogP contribution >= 0.6 is 0 Å². The minimum atomic E-state index is -0.277. The summed E-state index contributed by atoms with van der Waals surface area (Å²) in [6.07, 6.45) is 0. The zero-order valence-electron chi connectivity index (χ0n) is 12.7. The molecule has 0 unspecified atom stereocenters. The van der Waals surface area contributed by atoms with Gasteiger partial charge < -0.3 is 20.1 Å². The van der Waals surface area contributed by atoms with E-state index in [1.54, 1.807) is 51.4 Å². The molecule has 0 aliphatic heterocycles. The van der Waals surface area contributed by atoms with Gasteiger partial charge >= 0.3 is 0 Å². The van der Waals surface area contributed by atoms with Crippen LogP contribution in [0.4, 0.5) is 11.5 Å². The molecule has 0 aliphatic carbocycles. The van der Waals surface area contributed by atoms with Gasteiger partial charge in [0.1, 0.15) is 5.76 Å². The topological polar surface area (TPSA) is 87.5 Å². The summed E-state index contributed by atoms with van der Waals surface area (Å²) in [5.41, 5.74) is 1.12. The van der Waals surface area contributed by atoms with Crippen molar-refractivity contribution in [2.45, 2.75) is 6.92 Å². The fourth-order valence-corrected chi connectivity index (χ4v) is 1.85. The Bertz CT molecular complexity index is 679. The highest BCUT2D eigenvalue weighted by Crippen LogP contribution is 2.16. The Morgan fingerprint density at radius 1 is 1.27 bits per heavy atom. The predicted octanol–water partition coefficient (Wildman–Crippen LogP) is 1.74. The second kappa shape index (κ2) is 6.75. The van der Waals surface area contributed by atoms with Gasteiger partial charge in [-0.15, -0.1) is 0 Å². The van der Waals surface area contributed by atoms with Crippen molar-refractivity contribution in [3.05, 3.63) is 41.7 Å². The number of rotatable bonds is 5. The zero-order chi connectivity index (χ0) is 16.1. The lowest BCUT2D eigenvalue weighted by Crippen LogP contribution is -2.25. The number of benzene rings is 1. The van der Waals surface area contributed by atoms with E-state index in [1.807, 2.05) is 0 Å². The van der Waals surface area contributed by atoms with Gasteiger partial charge in [-0.1, -0.05) is 17.3 Å². The monoisotopic (exact) mass is 302 g/mol. The van der Waals surface area contributed by atoms with E-state index in [-0.39, 0.29) is 18.4 Å². The van der Waals surface area contributed by atoms with E-state index in [4.69, 9.17) is 4.52 Å². The van der Waals surface area contributed by atoms with Crippen molar-refractivity contribution in [3.63, 3.8) is 0 Å². The van der Waals surface area contributed by atoms with Crippen LogP contribution < -0.4 is 10.6 Å². The van der Waals surface area contributed by atoms with Gasteiger partial charge in [0.15, 0.2) is 5.82 Å². The number of aryl methyl sites for hydroxylation is 1. The standard InChI is InChI=1S/C15H18N4O3/c1-10-8-13(18-22-10)17-14(20)9-16-12-7-5-4-6-11(12)15(21)19(2)3/h4-8,16H,9H2,1-3H3,(H,17,18,20). The molecule has 7 heteroatoms. The second-order valence-electron chi connectivity index (χ2n) is 4.97. The van der Waals surface area contributed by atoms with E-state index >= 15 is 0 Å². The van der Waals surface area contributed by atoms with Crippen molar-refractivity contribution in [1.82, 2.24) is 10.1 Å². The third-order valence-electron chi connectivity index (χ3n) is 2.90. The SMILES string of the molecule is Cc1cc(NC(=O)CNc2ccccc2C(=O)N(C)C)no1. The summed E-state index contributed by atoms with van der Waals surface area (Å²) < 4.78 is 4.87. The van der Waals surface area contributed by atoms with Gasteiger partial charge in [0.2, 0.25) is 5.91 Å². The Balaban J connectivity index is 1.99. The lowest BCUT2D eigenvalue weighted by atomic mass is 10.1. The lowest BCUT2D eigenvalue weighted by Gasteiger charge is -2.15. The van der Waals surface area contributed by atoms with Gasteiger partial charge in [-0.2, -0.15) is 0 Å². The number of para-hydroxylation sites is 1. The van der Waals surface area contributed by atoms with Crippen LogP contribution in [0.15, 0.2) is 34.9 Å². The van der Waals surface area contributed by atoms with Crippen LogP contribution in [0.25, 0.3) is 0 Å². The number of anilines is 2. The number of hydrogen-bond donors (Lipinski definition) is 2. The van der Waals surface area contributed by atoms with E-state index in [0.717, 1.165) is 0 Å².